The van der Waals surface area contributed by atoms with E-state index in [1.807, 2.05) is 0 Å². The van der Waals surface area contributed by atoms with Gasteiger partial charge in [0.15, 0.2) is 0 Å². The Balaban J connectivity index is 2.27. The topological polar surface area (TPSA) is 95.0 Å². The molecule has 2 atom stereocenters. The molecule has 0 spiro atoms. The zero-order valence-electron chi connectivity index (χ0n) is 13.0. The maximum absolute atomic E-state index is 12.7. The van der Waals surface area contributed by atoms with Crippen molar-refractivity contribution in [2.24, 2.45) is 0 Å². The molecule has 1 aromatic rings. The molecule has 0 aromatic heterocycles. The summed E-state index contributed by atoms with van der Waals surface area (Å²) >= 11 is 0. The van der Waals surface area contributed by atoms with Crippen molar-refractivity contribution in [3.05, 3.63) is 30.3 Å². The van der Waals surface area contributed by atoms with Gasteiger partial charge in [-0.15, -0.1) is 0 Å². The van der Waals surface area contributed by atoms with E-state index in [0.29, 0.717) is 12.8 Å². The molecule has 2 unspecified atom stereocenters. The average Bonchev–Trinajstić information content (AvgIpc) is 3.03. The molecule has 1 aliphatic heterocycles. The number of benzene rings is 1. The number of carbonyl (C=O) groups is 2. The van der Waals surface area contributed by atoms with Crippen LogP contribution in [0.5, 0.6) is 0 Å². The lowest BCUT2D eigenvalue weighted by Crippen LogP contribution is -2.50. The summed E-state index contributed by atoms with van der Waals surface area (Å²) in [6.45, 7) is 1.65. The summed E-state index contributed by atoms with van der Waals surface area (Å²) in [5, 5.41) is 9.02. The van der Waals surface area contributed by atoms with E-state index in [9.17, 15) is 18.0 Å². The van der Waals surface area contributed by atoms with Crippen LogP contribution in [-0.4, -0.2) is 60.3 Å². The van der Waals surface area contributed by atoms with Gasteiger partial charge in [-0.05, 0) is 31.9 Å². The molecule has 0 aliphatic carbocycles. The summed E-state index contributed by atoms with van der Waals surface area (Å²) in [5.41, 5.74) is 0. The summed E-state index contributed by atoms with van der Waals surface area (Å²) in [4.78, 5) is 24.8. The van der Waals surface area contributed by atoms with E-state index >= 15 is 0 Å². The van der Waals surface area contributed by atoms with Crippen molar-refractivity contribution in [1.29, 1.82) is 0 Å². The number of carboxylic acids is 1. The van der Waals surface area contributed by atoms with Crippen LogP contribution in [0, 0.1) is 0 Å². The Morgan fingerprint density at radius 3 is 2.48 bits per heavy atom. The van der Waals surface area contributed by atoms with Gasteiger partial charge in [-0.1, -0.05) is 18.2 Å². The number of nitrogens with zero attached hydrogens (tertiary/aromatic N) is 2. The molecular formula is C15H20N2O5S. The van der Waals surface area contributed by atoms with Crippen LogP contribution in [0.2, 0.25) is 0 Å². The van der Waals surface area contributed by atoms with Crippen LogP contribution in [0.1, 0.15) is 19.8 Å². The Morgan fingerprint density at radius 1 is 1.30 bits per heavy atom. The number of carbonyl (C=O) groups excluding carboxylic acids is 1. The number of likely N-dealkylation sites (N-methyl/N-ethyl adjacent to an activating group) is 1. The van der Waals surface area contributed by atoms with Gasteiger partial charge in [0.2, 0.25) is 15.9 Å². The normalized spacial score (nSPS) is 20.2. The Bertz CT molecular complexity index is 689. The minimum atomic E-state index is -3.77. The van der Waals surface area contributed by atoms with Crippen LogP contribution in [0.15, 0.2) is 35.2 Å². The van der Waals surface area contributed by atoms with Crippen LogP contribution in [0.3, 0.4) is 0 Å². The van der Waals surface area contributed by atoms with Crippen molar-refractivity contribution in [2.45, 2.75) is 36.7 Å². The summed E-state index contributed by atoms with van der Waals surface area (Å²) in [6, 6.07) is 6.07. The lowest BCUT2D eigenvalue weighted by molar-refractivity contribution is -0.149. The van der Waals surface area contributed by atoms with Gasteiger partial charge in [-0.3, -0.25) is 4.79 Å². The van der Waals surface area contributed by atoms with Crippen LogP contribution in [0.25, 0.3) is 0 Å². The third-order valence-electron chi connectivity index (χ3n) is 4.12. The molecule has 0 saturated carbocycles. The minimum absolute atomic E-state index is 0.133. The fourth-order valence-electron chi connectivity index (χ4n) is 2.59. The molecular weight excluding hydrogens is 320 g/mol. The van der Waals surface area contributed by atoms with E-state index in [-0.39, 0.29) is 11.4 Å². The molecule has 7 nitrogen and oxygen atoms in total. The van der Waals surface area contributed by atoms with Crippen LogP contribution < -0.4 is 0 Å². The monoisotopic (exact) mass is 340 g/mol. The highest BCUT2D eigenvalue weighted by Gasteiger charge is 2.41. The first-order valence-corrected chi connectivity index (χ1v) is 8.77. The molecule has 1 heterocycles. The van der Waals surface area contributed by atoms with Gasteiger partial charge in [-0.2, -0.15) is 4.31 Å². The van der Waals surface area contributed by atoms with Crippen molar-refractivity contribution in [1.82, 2.24) is 9.21 Å². The number of amides is 1. The van der Waals surface area contributed by atoms with Crippen molar-refractivity contribution in [3.63, 3.8) is 0 Å². The molecule has 1 aliphatic rings. The van der Waals surface area contributed by atoms with E-state index < -0.39 is 34.0 Å². The second-order valence-electron chi connectivity index (χ2n) is 5.55. The summed E-state index contributed by atoms with van der Waals surface area (Å²) in [6.07, 6.45) is 0.958. The van der Waals surface area contributed by atoms with Gasteiger partial charge in [0.05, 0.1) is 4.90 Å². The van der Waals surface area contributed by atoms with E-state index in [2.05, 4.69) is 0 Å². The molecule has 8 heteroatoms. The summed E-state index contributed by atoms with van der Waals surface area (Å²) < 4.78 is 26.6. The smallest absolute Gasteiger partial charge is 0.326 e. The Hall–Kier alpha value is -1.93. The number of rotatable bonds is 5. The molecule has 1 amide bonds. The lowest BCUT2D eigenvalue weighted by Gasteiger charge is -2.29. The Morgan fingerprint density at radius 2 is 1.91 bits per heavy atom. The third-order valence-corrected chi connectivity index (χ3v) is 6.05. The summed E-state index contributed by atoms with van der Waals surface area (Å²) in [5.74, 6) is -1.62. The van der Waals surface area contributed by atoms with Gasteiger partial charge >= 0.3 is 5.97 Å². The lowest BCUT2D eigenvalue weighted by atomic mass is 10.2. The predicted molar refractivity (Wildman–Crippen MR) is 83.2 cm³/mol. The summed E-state index contributed by atoms with van der Waals surface area (Å²) in [7, 11) is -2.39. The van der Waals surface area contributed by atoms with Crippen LogP contribution >= 0.6 is 0 Å². The van der Waals surface area contributed by atoms with E-state index in [0.717, 1.165) is 4.90 Å². The highest BCUT2D eigenvalue weighted by molar-refractivity contribution is 7.89. The molecule has 1 N–H and O–H groups in total. The first-order chi connectivity index (χ1) is 10.8. The van der Waals surface area contributed by atoms with Crippen molar-refractivity contribution in [3.8, 4) is 0 Å². The largest absolute Gasteiger partial charge is 0.480 e. The number of aliphatic carboxylic acids is 1. The van der Waals surface area contributed by atoms with Gasteiger partial charge < -0.3 is 10.0 Å². The Labute approximate surface area is 135 Å². The molecule has 1 aromatic carbocycles. The Kier molecular flexibility index (Phi) is 5.06. The zero-order chi connectivity index (χ0) is 17.2. The van der Waals surface area contributed by atoms with Crippen molar-refractivity contribution >= 4 is 21.9 Å². The van der Waals surface area contributed by atoms with E-state index in [1.165, 1.54) is 30.4 Å². The number of sulfonamides is 1. The zero-order valence-corrected chi connectivity index (χ0v) is 13.9. The SMILES string of the molecule is CC(C(=O)O)N(C)C(=O)C1CCCN1S(=O)(=O)c1ccccc1. The molecule has 126 valence electrons. The highest BCUT2D eigenvalue weighted by Crippen LogP contribution is 2.27. The molecule has 1 fully saturated rings. The molecule has 0 radical (unpaired) electrons. The molecule has 2 rings (SSSR count). The van der Waals surface area contributed by atoms with Crippen LogP contribution in [-0.2, 0) is 19.6 Å². The first kappa shape index (κ1) is 17.4. The second kappa shape index (κ2) is 6.67. The van der Waals surface area contributed by atoms with Gasteiger partial charge in [0, 0.05) is 13.6 Å². The number of hydrogen-bond donors (Lipinski definition) is 1. The third kappa shape index (κ3) is 3.37. The average molecular weight is 340 g/mol. The van der Waals surface area contributed by atoms with Gasteiger partial charge in [0.1, 0.15) is 12.1 Å². The van der Waals surface area contributed by atoms with E-state index in [4.69, 9.17) is 5.11 Å². The number of carboxylic acid groups (broad SMARTS) is 1. The maximum Gasteiger partial charge on any atom is 0.326 e. The molecule has 1 saturated heterocycles. The predicted octanol–water partition coefficient (Wildman–Crippen LogP) is 0.771. The fourth-order valence-corrected chi connectivity index (χ4v) is 4.27. The van der Waals surface area contributed by atoms with E-state index in [1.54, 1.807) is 18.2 Å². The quantitative estimate of drug-likeness (QED) is 0.854. The highest BCUT2D eigenvalue weighted by atomic mass is 32.2. The minimum Gasteiger partial charge on any atom is -0.480 e. The van der Waals surface area contributed by atoms with Gasteiger partial charge in [0.25, 0.3) is 0 Å². The van der Waals surface area contributed by atoms with Crippen molar-refractivity contribution in [2.75, 3.05) is 13.6 Å². The second-order valence-corrected chi connectivity index (χ2v) is 7.44. The fraction of sp³-hybridized carbons (Fsp3) is 0.467. The van der Waals surface area contributed by atoms with Gasteiger partial charge in [-0.25, -0.2) is 13.2 Å². The van der Waals surface area contributed by atoms with Crippen molar-refractivity contribution < 1.29 is 23.1 Å². The number of hydrogen-bond acceptors (Lipinski definition) is 4. The van der Waals surface area contributed by atoms with Crippen LogP contribution in [0.4, 0.5) is 0 Å². The standard InChI is InChI=1S/C15H20N2O5S/c1-11(15(19)20)16(2)14(18)13-9-6-10-17(13)23(21,22)12-7-4-3-5-8-12/h3-5,7-8,11,13H,6,9-10H2,1-2H3,(H,19,20). The first-order valence-electron chi connectivity index (χ1n) is 7.33. The molecule has 23 heavy (non-hydrogen) atoms. The maximum atomic E-state index is 12.7. The molecule has 0 bridgehead atoms.